The van der Waals surface area contributed by atoms with Gasteiger partial charge in [0, 0.05) is 0 Å². The van der Waals surface area contributed by atoms with Crippen molar-refractivity contribution in [2.75, 3.05) is 78.5 Å². The molecule has 0 unspecified atom stereocenters. The lowest BCUT2D eigenvalue weighted by Crippen LogP contribution is -2.26. The largest absolute Gasteiger partial charge is 0.304 e. The summed E-state index contributed by atoms with van der Waals surface area (Å²) in [5, 5.41) is 0. The van der Waals surface area contributed by atoms with Crippen molar-refractivity contribution < 1.29 is 0 Å². The van der Waals surface area contributed by atoms with Gasteiger partial charge < -0.3 is 19.6 Å². The van der Waals surface area contributed by atoms with E-state index in [4.69, 9.17) is 0 Å². The van der Waals surface area contributed by atoms with Gasteiger partial charge in [0.15, 0.2) is 0 Å². The number of unbranched alkanes of at least 4 members (excludes halogenated alkanes) is 13. The quantitative estimate of drug-likeness (QED) is 0.0820. The number of hydrogen-bond donors (Lipinski definition) is 0. The Hall–Kier alpha value is -0.160. The molecule has 0 amide bonds. The van der Waals surface area contributed by atoms with Crippen LogP contribution in [0.2, 0.25) is 0 Å². The average Bonchev–Trinajstić information content (AvgIpc) is 2.95. The lowest BCUT2D eigenvalue weighted by atomic mass is 10.1. The Morgan fingerprint density at radius 2 is 0.368 bits per heavy atom. The van der Waals surface area contributed by atoms with Crippen LogP contribution < -0.4 is 0 Å². The highest BCUT2D eigenvalue weighted by Gasteiger charge is 2.05. The third-order valence-corrected chi connectivity index (χ3v) is 8.78. The lowest BCUT2D eigenvalue weighted by Gasteiger charge is -2.21. The molecule has 0 saturated carbocycles. The average molecular weight is 539 g/mol. The molecular formula is C34H74N4. The molecule has 0 aliphatic rings. The summed E-state index contributed by atoms with van der Waals surface area (Å²) < 4.78 is 0. The second-order valence-corrected chi connectivity index (χ2v) is 11.6. The molecule has 0 radical (unpaired) electrons. The molecule has 0 aromatic rings. The van der Waals surface area contributed by atoms with E-state index in [1.807, 2.05) is 0 Å². The van der Waals surface area contributed by atoms with Gasteiger partial charge >= 0.3 is 0 Å². The van der Waals surface area contributed by atoms with Crippen LogP contribution in [0.15, 0.2) is 0 Å². The molecule has 0 N–H and O–H groups in total. The van der Waals surface area contributed by atoms with Crippen molar-refractivity contribution in [2.45, 2.75) is 144 Å². The molecule has 0 rings (SSSR count). The van der Waals surface area contributed by atoms with Gasteiger partial charge in [0.2, 0.25) is 0 Å². The lowest BCUT2D eigenvalue weighted by molar-refractivity contribution is 0.267. The molecule has 4 heteroatoms. The monoisotopic (exact) mass is 539 g/mol. The van der Waals surface area contributed by atoms with E-state index in [0.717, 1.165) is 0 Å². The van der Waals surface area contributed by atoms with E-state index < -0.39 is 0 Å². The van der Waals surface area contributed by atoms with E-state index in [2.05, 4.69) is 61.1 Å². The van der Waals surface area contributed by atoms with Crippen molar-refractivity contribution in [1.82, 2.24) is 19.6 Å². The van der Waals surface area contributed by atoms with Gasteiger partial charge in [0.1, 0.15) is 0 Å². The Bertz CT molecular complexity index is 396. The minimum atomic E-state index is 1.20. The second kappa shape index (κ2) is 29.8. The molecule has 0 atom stereocenters. The van der Waals surface area contributed by atoms with Gasteiger partial charge in [-0.25, -0.2) is 0 Å². The van der Waals surface area contributed by atoms with E-state index in [1.165, 1.54) is 181 Å². The molecule has 0 aromatic carbocycles. The highest BCUT2D eigenvalue weighted by molar-refractivity contribution is 4.60. The van der Waals surface area contributed by atoms with E-state index in [-0.39, 0.29) is 0 Å². The molecule has 4 nitrogen and oxygen atoms in total. The van der Waals surface area contributed by atoms with Gasteiger partial charge in [0.25, 0.3) is 0 Å². The molecule has 0 aliphatic carbocycles. The Kier molecular flexibility index (Phi) is 29.7. The van der Waals surface area contributed by atoms with Crippen LogP contribution >= 0.6 is 0 Å². The van der Waals surface area contributed by atoms with Crippen LogP contribution in [-0.4, -0.2) is 98.1 Å². The number of hydrogen-bond acceptors (Lipinski definition) is 4. The maximum Gasteiger partial charge on any atom is -0.00189 e. The number of rotatable bonds is 31. The summed E-state index contributed by atoms with van der Waals surface area (Å²) in [4.78, 5) is 10.5. The van der Waals surface area contributed by atoms with Crippen molar-refractivity contribution >= 4 is 0 Å². The first kappa shape index (κ1) is 37.8. The van der Waals surface area contributed by atoms with E-state index in [0.29, 0.717) is 0 Å². The number of nitrogens with zero attached hydrogens (tertiary/aromatic N) is 4. The van der Waals surface area contributed by atoms with Crippen LogP contribution in [0, 0.1) is 0 Å². The van der Waals surface area contributed by atoms with E-state index in [1.54, 1.807) is 0 Å². The third kappa shape index (κ3) is 23.7. The molecule has 230 valence electrons. The Balaban J connectivity index is 3.52. The van der Waals surface area contributed by atoms with Crippen LogP contribution in [0.25, 0.3) is 0 Å². The highest BCUT2D eigenvalue weighted by atomic mass is 15.1. The first-order valence-electron chi connectivity index (χ1n) is 17.5. The third-order valence-electron chi connectivity index (χ3n) is 8.78. The molecule has 0 bridgehead atoms. The minimum absolute atomic E-state index is 1.20. The zero-order valence-corrected chi connectivity index (χ0v) is 27.6. The Labute approximate surface area is 242 Å². The van der Waals surface area contributed by atoms with Crippen molar-refractivity contribution in [3.8, 4) is 0 Å². The van der Waals surface area contributed by atoms with Gasteiger partial charge in [-0.3, -0.25) is 0 Å². The summed E-state index contributed by atoms with van der Waals surface area (Å²) in [7, 11) is 0. The summed E-state index contributed by atoms with van der Waals surface area (Å²) in [5.41, 5.74) is 0. The molecule has 0 saturated heterocycles. The fourth-order valence-corrected chi connectivity index (χ4v) is 5.72. The van der Waals surface area contributed by atoms with Gasteiger partial charge in [-0.2, -0.15) is 0 Å². The zero-order valence-electron chi connectivity index (χ0n) is 27.6. The fourth-order valence-electron chi connectivity index (χ4n) is 5.72. The maximum atomic E-state index is 2.69. The SMILES string of the molecule is CCN(CC)CCCCCCN(CC)CCCCCCCCCCN(CC)CCCCCCN(CC)CC. The first-order chi connectivity index (χ1) is 18.6. The normalized spacial score (nSPS) is 12.2. The van der Waals surface area contributed by atoms with Crippen LogP contribution in [0.3, 0.4) is 0 Å². The zero-order chi connectivity index (χ0) is 28.1. The van der Waals surface area contributed by atoms with Crippen LogP contribution in [-0.2, 0) is 0 Å². The summed E-state index contributed by atoms with van der Waals surface area (Å²) >= 11 is 0. The molecule has 0 fully saturated rings. The van der Waals surface area contributed by atoms with Crippen LogP contribution in [0.4, 0.5) is 0 Å². The van der Waals surface area contributed by atoms with Gasteiger partial charge in [0.05, 0.1) is 0 Å². The fraction of sp³-hybridized carbons (Fsp3) is 1.00. The molecule has 0 aromatic heterocycles. The predicted octanol–water partition coefficient (Wildman–Crippen LogP) is 8.56. The summed E-state index contributed by atoms with van der Waals surface area (Å²) in [6.07, 6.45) is 22.6. The van der Waals surface area contributed by atoms with E-state index in [9.17, 15) is 0 Å². The van der Waals surface area contributed by atoms with E-state index >= 15 is 0 Å². The summed E-state index contributed by atoms with van der Waals surface area (Å²) in [6.45, 7) is 28.9. The Morgan fingerprint density at radius 1 is 0.211 bits per heavy atom. The van der Waals surface area contributed by atoms with Crippen molar-refractivity contribution in [3.05, 3.63) is 0 Å². The smallest absolute Gasteiger partial charge is 0.00189 e. The van der Waals surface area contributed by atoms with Crippen LogP contribution in [0.1, 0.15) is 144 Å². The van der Waals surface area contributed by atoms with Gasteiger partial charge in [-0.15, -0.1) is 0 Å². The second-order valence-electron chi connectivity index (χ2n) is 11.6. The highest BCUT2D eigenvalue weighted by Crippen LogP contribution is 2.11. The summed E-state index contributed by atoms with van der Waals surface area (Å²) in [6, 6.07) is 0. The minimum Gasteiger partial charge on any atom is -0.304 e. The molecular weight excluding hydrogens is 464 g/mol. The Morgan fingerprint density at radius 3 is 0.553 bits per heavy atom. The predicted molar refractivity (Wildman–Crippen MR) is 174 cm³/mol. The van der Waals surface area contributed by atoms with Gasteiger partial charge in [-0.05, 0) is 117 Å². The standard InChI is InChI=1S/C34H74N4/c1-7-35(8-2)29-23-19-21-27-33-37(11-5)31-25-17-15-13-14-16-18-26-32-38(12-6)34-28-22-20-24-30-36(9-3)10-4/h7-34H2,1-6H3. The van der Waals surface area contributed by atoms with Gasteiger partial charge in [-0.1, -0.05) is 106 Å². The summed E-state index contributed by atoms with van der Waals surface area (Å²) in [5.74, 6) is 0. The molecule has 0 spiro atoms. The van der Waals surface area contributed by atoms with Crippen molar-refractivity contribution in [3.63, 3.8) is 0 Å². The maximum absolute atomic E-state index is 2.69. The topological polar surface area (TPSA) is 13.0 Å². The van der Waals surface area contributed by atoms with Crippen molar-refractivity contribution in [2.24, 2.45) is 0 Å². The van der Waals surface area contributed by atoms with Crippen LogP contribution in [0.5, 0.6) is 0 Å². The molecule has 0 heterocycles. The molecule has 38 heavy (non-hydrogen) atoms. The first-order valence-corrected chi connectivity index (χ1v) is 17.5. The molecule has 0 aliphatic heterocycles. The van der Waals surface area contributed by atoms with Crippen molar-refractivity contribution in [1.29, 1.82) is 0 Å².